The van der Waals surface area contributed by atoms with Crippen molar-refractivity contribution in [3.63, 3.8) is 0 Å². The molecule has 1 fully saturated rings. The number of piperidine rings is 1. The molecule has 0 N–H and O–H groups in total. The Labute approximate surface area is 161 Å². The molecule has 0 aliphatic carbocycles. The van der Waals surface area contributed by atoms with Crippen LogP contribution in [0.1, 0.15) is 45.6 Å². The maximum absolute atomic E-state index is 11.7. The molecule has 0 atom stereocenters. The van der Waals surface area contributed by atoms with Crippen LogP contribution in [0.3, 0.4) is 0 Å². The van der Waals surface area contributed by atoms with Crippen molar-refractivity contribution in [3.05, 3.63) is 41.6 Å². The van der Waals surface area contributed by atoms with Crippen LogP contribution in [0.4, 0.5) is 0 Å². The minimum atomic E-state index is -0.487. The van der Waals surface area contributed by atoms with E-state index in [4.69, 9.17) is 9.57 Å². The lowest BCUT2D eigenvalue weighted by Crippen LogP contribution is -2.47. The summed E-state index contributed by atoms with van der Waals surface area (Å²) in [6.07, 6.45) is 1.55. The van der Waals surface area contributed by atoms with Crippen LogP contribution in [-0.2, 0) is 25.7 Å². The number of ether oxygens (including phenoxy) is 1. The number of esters is 1. The number of nitrogens with zero attached hydrogens (tertiary/aromatic N) is 2. The van der Waals surface area contributed by atoms with Gasteiger partial charge in [0.2, 0.25) is 0 Å². The maximum Gasteiger partial charge on any atom is 0.312 e. The second-order valence-electron chi connectivity index (χ2n) is 7.82. The van der Waals surface area contributed by atoms with E-state index in [1.54, 1.807) is 5.06 Å². The van der Waals surface area contributed by atoms with Crippen LogP contribution < -0.4 is 0 Å². The van der Waals surface area contributed by atoms with Crippen molar-refractivity contribution in [1.29, 1.82) is 0 Å². The van der Waals surface area contributed by atoms with Crippen molar-refractivity contribution in [2.75, 3.05) is 20.2 Å². The number of likely N-dealkylation sites (tertiary alicyclic amines) is 1. The highest BCUT2D eigenvalue weighted by Gasteiger charge is 2.31. The molecule has 2 rings (SSSR count). The summed E-state index contributed by atoms with van der Waals surface area (Å²) in [6, 6.07) is 10.4. The Kier molecular flexibility index (Phi) is 7.60. The van der Waals surface area contributed by atoms with E-state index >= 15 is 0 Å². The third-order valence-electron chi connectivity index (χ3n) is 4.43. The topological polar surface area (TPSA) is 59.1 Å². The molecule has 1 heterocycles. The lowest BCUT2D eigenvalue weighted by molar-refractivity contribution is -0.234. The third kappa shape index (κ3) is 6.83. The molecule has 0 radical (unpaired) electrons. The molecule has 0 spiro atoms. The van der Waals surface area contributed by atoms with E-state index in [0.717, 1.165) is 32.5 Å². The van der Waals surface area contributed by atoms with E-state index in [2.05, 4.69) is 29.2 Å². The molecule has 0 aromatic heterocycles. The van der Waals surface area contributed by atoms with Crippen molar-refractivity contribution in [3.8, 4) is 0 Å². The van der Waals surface area contributed by atoms with E-state index in [1.165, 1.54) is 12.7 Å². The van der Waals surface area contributed by atoms with Crippen LogP contribution in [-0.4, -0.2) is 53.7 Å². The molecule has 0 amide bonds. The summed E-state index contributed by atoms with van der Waals surface area (Å²) in [4.78, 5) is 31.6. The fourth-order valence-electron chi connectivity index (χ4n) is 3.17. The first-order chi connectivity index (χ1) is 12.8. The lowest BCUT2D eigenvalue weighted by atomic mass is 10.0. The van der Waals surface area contributed by atoms with Crippen molar-refractivity contribution in [2.24, 2.45) is 0 Å². The number of hydrogen-bond acceptors (Lipinski definition) is 6. The van der Waals surface area contributed by atoms with Gasteiger partial charge in [-0.15, -0.1) is 0 Å². The van der Waals surface area contributed by atoms with Crippen molar-refractivity contribution in [2.45, 2.75) is 58.2 Å². The van der Waals surface area contributed by atoms with Gasteiger partial charge < -0.3 is 4.74 Å². The summed E-state index contributed by atoms with van der Waals surface area (Å²) in [7, 11) is 1.31. The Balaban J connectivity index is 2.04. The van der Waals surface area contributed by atoms with E-state index in [0.29, 0.717) is 0 Å². The van der Waals surface area contributed by atoms with Gasteiger partial charge in [0.15, 0.2) is 0 Å². The number of hydroxylamine groups is 2. The average molecular weight is 374 g/mol. The predicted octanol–water partition coefficient (Wildman–Crippen LogP) is 2.96. The molecule has 1 saturated heterocycles. The van der Waals surface area contributed by atoms with E-state index in [1.807, 2.05) is 32.8 Å². The molecule has 6 nitrogen and oxygen atoms in total. The van der Waals surface area contributed by atoms with Gasteiger partial charge in [-0.1, -0.05) is 30.3 Å². The zero-order valence-electron chi connectivity index (χ0n) is 16.7. The predicted molar refractivity (Wildman–Crippen MR) is 103 cm³/mol. The Bertz CT molecular complexity index is 655. The van der Waals surface area contributed by atoms with E-state index in [-0.39, 0.29) is 18.2 Å². The summed E-state index contributed by atoms with van der Waals surface area (Å²) in [5.74, 6) is 1.42. The molecule has 148 valence electrons. The molecule has 0 unspecified atom stereocenters. The summed E-state index contributed by atoms with van der Waals surface area (Å²) >= 11 is 0. The first kappa shape index (κ1) is 21.2. The van der Waals surface area contributed by atoms with Gasteiger partial charge in [-0.2, -0.15) is 0 Å². The molecule has 1 aromatic carbocycles. The Morgan fingerprint density at radius 2 is 1.85 bits per heavy atom. The number of benzene rings is 1. The molecular weight excluding hydrogens is 344 g/mol. The Morgan fingerprint density at radius 3 is 2.37 bits per heavy atom. The van der Waals surface area contributed by atoms with Crippen LogP contribution in [0.5, 0.6) is 0 Å². The molecule has 27 heavy (non-hydrogen) atoms. The lowest BCUT2D eigenvalue weighted by Gasteiger charge is -2.41. The minimum absolute atomic E-state index is 0.0253. The normalized spacial score (nSPS) is 15.9. The quantitative estimate of drug-likeness (QED) is 0.415. The molecule has 6 heteroatoms. The highest BCUT2D eigenvalue weighted by Crippen LogP contribution is 2.26. The number of methoxy groups -OCH3 is 1. The molecule has 0 saturated carbocycles. The maximum atomic E-state index is 11.7. The summed E-state index contributed by atoms with van der Waals surface area (Å²) in [6.45, 7) is 8.47. The van der Waals surface area contributed by atoms with Crippen LogP contribution in [0.15, 0.2) is 36.0 Å². The zero-order chi connectivity index (χ0) is 19.9. The first-order valence-electron chi connectivity index (χ1n) is 9.38. The SMILES string of the molecule is COC(=O)CC(=C=O)N(OC(C)(C)C)C1CCN(Cc2ccccc2)CC1. The van der Waals surface area contributed by atoms with Gasteiger partial charge in [0.25, 0.3) is 0 Å². The monoisotopic (exact) mass is 374 g/mol. The Morgan fingerprint density at radius 1 is 1.22 bits per heavy atom. The average Bonchev–Trinajstić information content (AvgIpc) is 2.65. The minimum Gasteiger partial charge on any atom is -0.469 e. The van der Waals surface area contributed by atoms with E-state index < -0.39 is 11.6 Å². The smallest absolute Gasteiger partial charge is 0.312 e. The molecule has 1 aliphatic heterocycles. The fourth-order valence-corrected chi connectivity index (χ4v) is 3.17. The van der Waals surface area contributed by atoms with Crippen molar-refractivity contribution in [1.82, 2.24) is 9.96 Å². The van der Waals surface area contributed by atoms with Gasteiger partial charge >= 0.3 is 5.97 Å². The van der Waals surface area contributed by atoms with Crippen molar-refractivity contribution >= 4 is 11.9 Å². The van der Waals surface area contributed by atoms with Gasteiger partial charge in [0.05, 0.1) is 25.2 Å². The van der Waals surface area contributed by atoms with Crippen molar-refractivity contribution < 1.29 is 19.2 Å². The second kappa shape index (κ2) is 9.70. The second-order valence-corrected chi connectivity index (χ2v) is 7.82. The van der Waals surface area contributed by atoms with E-state index in [9.17, 15) is 9.59 Å². The fraction of sp³-hybridized carbons (Fsp3) is 0.571. The highest BCUT2D eigenvalue weighted by atomic mass is 16.7. The van der Waals surface area contributed by atoms with Crippen LogP contribution in [0, 0.1) is 0 Å². The van der Waals surface area contributed by atoms with Crippen LogP contribution in [0.25, 0.3) is 0 Å². The van der Waals surface area contributed by atoms with Crippen LogP contribution >= 0.6 is 0 Å². The number of rotatable bonds is 7. The largest absolute Gasteiger partial charge is 0.469 e. The highest BCUT2D eigenvalue weighted by molar-refractivity contribution is 5.75. The molecule has 1 aliphatic rings. The van der Waals surface area contributed by atoms with Gasteiger partial charge in [0, 0.05) is 19.6 Å². The molecular formula is C21H30N2O4. The zero-order valence-corrected chi connectivity index (χ0v) is 16.7. The van der Waals surface area contributed by atoms with Gasteiger partial charge in [0.1, 0.15) is 11.6 Å². The molecule has 1 aromatic rings. The third-order valence-corrected chi connectivity index (χ3v) is 4.43. The number of carbonyl (C=O) groups is 1. The van der Waals surface area contributed by atoms with Gasteiger partial charge in [-0.25, -0.2) is 9.86 Å². The summed E-state index contributed by atoms with van der Waals surface area (Å²) in [5.41, 5.74) is 0.996. The summed E-state index contributed by atoms with van der Waals surface area (Å²) < 4.78 is 4.70. The van der Waals surface area contributed by atoms with Gasteiger partial charge in [-0.05, 0) is 39.2 Å². The molecule has 0 bridgehead atoms. The summed E-state index contributed by atoms with van der Waals surface area (Å²) in [5, 5.41) is 1.60. The number of hydrogen-bond donors (Lipinski definition) is 0. The standard InChI is InChI=1S/C21H30N2O4/c1-21(2,3)27-23(19(16-24)14-20(25)26-4)18-10-12-22(13-11-18)15-17-8-6-5-7-9-17/h5-9,18H,10-15H2,1-4H3. The number of carbonyl (C=O) groups excluding carboxylic acids is 2. The Hall–Kier alpha value is -2.14. The van der Waals surface area contributed by atoms with Gasteiger partial charge in [-0.3, -0.25) is 14.5 Å². The van der Waals surface area contributed by atoms with Crippen LogP contribution in [0.2, 0.25) is 0 Å². The first-order valence-corrected chi connectivity index (χ1v) is 9.38.